The molecule has 7 nitrogen and oxygen atoms in total. The molecule has 0 aliphatic carbocycles. The molecule has 3 N–H and O–H groups in total. The van der Waals surface area contributed by atoms with E-state index in [0.717, 1.165) is 0 Å². The van der Waals surface area contributed by atoms with E-state index in [1.54, 1.807) is 45.2 Å². The van der Waals surface area contributed by atoms with E-state index in [-0.39, 0.29) is 6.42 Å². The van der Waals surface area contributed by atoms with Gasteiger partial charge in [0.05, 0.1) is 6.61 Å². The van der Waals surface area contributed by atoms with Crippen LogP contribution in [-0.2, 0) is 9.53 Å². The summed E-state index contributed by atoms with van der Waals surface area (Å²) in [6.45, 7) is 4.46. The lowest BCUT2D eigenvalue weighted by Crippen LogP contribution is -2.45. The zero-order valence-electron chi connectivity index (χ0n) is 13.7. The molecule has 0 unspecified atom stereocenters. The van der Waals surface area contributed by atoms with Crippen molar-refractivity contribution >= 4 is 17.7 Å². The number of anilines is 1. The van der Waals surface area contributed by atoms with Gasteiger partial charge < -0.3 is 25.2 Å². The number of carboxylic acids is 1. The van der Waals surface area contributed by atoms with E-state index in [1.165, 1.54) is 0 Å². The molecule has 0 aliphatic rings. The van der Waals surface area contributed by atoms with Crippen LogP contribution < -0.4 is 15.4 Å². The SMILES string of the molecule is COCCOc1cccc(NC(=O)NC(C)(C)CCC(=O)O)c1. The fraction of sp³-hybridized carbons (Fsp3) is 0.500. The predicted octanol–water partition coefficient (Wildman–Crippen LogP) is 2.48. The quantitative estimate of drug-likeness (QED) is 0.606. The van der Waals surface area contributed by atoms with Gasteiger partial charge >= 0.3 is 12.0 Å². The van der Waals surface area contributed by atoms with E-state index in [9.17, 15) is 9.59 Å². The van der Waals surface area contributed by atoms with Gasteiger partial charge in [-0.1, -0.05) is 6.07 Å². The summed E-state index contributed by atoms with van der Waals surface area (Å²) in [5, 5.41) is 14.2. The summed E-state index contributed by atoms with van der Waals surface area (Å²) in [5.41, 5.74) is -0.0267. The lowest BCUT2D eigenvalue weighted by atomic mass is 9.99. The average molecular weight is 324 g/mol. The van der Waals surface area contributed by atoms with E-state index >= 15 is 0 Å². The van der Waals surface area contributed by atoms with Crippen LogP contribution in [-0.4, -0.2) is 43.0 Å². The first kappa shape index (κ1) is 18.8. The standard InChI is InChI=1S/C16H24N2O5/c1-16(2,8-7-14(19)20)18-15(21)17-12-5-4-6-13(11-12)23-10-9-22-3/h4-6,11H,7-10H2,1-3H3,(H,19,20)(H2,17,18,21). The summed E-state index contributed by atoms with van der Waals surface area (Å²) in [6, 6.07) is 6.62. The highest BCUT2D eigenvalue weighted by Gasteiger charge is 2.21. The molecular weight excluding hydrogens is 300 g/mol. The molecule has 0 saturated carbocycles. The second-order valence-electron chi connectivity index (χ2n) is 5.73. The number of amides is 2. The fourth-order valence-electron chi connectivity index (χ4n) is 1.86. The predicted molar refractivity (Wildman–Crippen MR) is 86.9 cm³/mol. The Kier molecular flexibility index (Phi) is 7.34. The van der Waals surface area contributed by atoms with Crippen LogP contribution in [0, 0.1) is 0 Å². The molecule has 0 heterocycles. The third-order valence-electron chi connectivity index (χ3n) is 3.06. The molecular formula is C16H24N2O5. The van der Waals surface area contributed by atoms with Crippen LogP contribution in [0.3, 0.4) is 0 Å². The van der Waals surface area contributed by atoms with Gasteiger partial charge in [-0.05, 0) is 32.4 Å². The van der Waals surface area contributed by atoms with Crippen LogP contribution in [0.5, 0.6) is 5.75 Å². The van der Waals surface area contributed by atoms with Gasteiger partial charge in [0.1, 0.15) is 12.4 Å². The number of rotatable bonds is 9. The smallest absolute Gasteiger partial charge is 0.319 e. The summed E-state index contributed by atoms with van der Waals surface area (Å²) in [6.07, 6.45) is 0.339. The van der Waals surface area contributed by atoms with E-state index in [4.69, 9.17) is 14.6 Å². The van der Waals surface area contributed by atoms with Crippen molar-refractivity contribution in [3.05, 3.63) is 24.3 Å². The molecule has 1 aromatic carbocycles. The first-order valence-electron chi connectivity index (χ1n) is 7.35. The molecule has 1 rings (SSSR count). The fourth-order valence-corrected chi connectivity index (χ4v) is 1.86. The second kappa shape index (κ2) is 8.99. The van der Waals surface area contributed by atoms with Crippen LogP contribution in [0.4, 0.5) is 10.5 Å². The van der Waals surface area contributed by atoms with Crippen LogP contribution in [0.15, 0.2) is 24.3 Å². The maximum Gasteiger partial charge on any atom is 0.319 e. The van der Waals surface area contributed by atoms with Crippen LogP contribution in [0.1, 0.15) is 26.7 Å². The third-order valence-corrected chi connectivity index (χ3v) is 3.06. The Morgan fingerprint density at radius 3 is 2.65 bits per heavy atom. The first-order chi connectivity index (χ1) is 10.8. The number of ether oxygens (including phenoxy) is 2. The van der Waals surface area contributed by atoms with Crippen molar-refractivity contribution in [2.45, 2.75) is 32.2 Å². The van der Waals surface area contributed by atoms with Gasteiger partial charge in [0.2, 0.25) is 0 Å². The topological polar surface area (TPSA) is 96.9 Å². The van der Waals surface area contributed by atoms with E-state index in [0.29, 0.717) is 31.1 Å². The van der Waals surface area contributed by atoms with Crippen molar-refractivity contribution in [2.75, 3.05) is 25.6 Å². The molecule has 1 aromatic rings. The molecule has 7 heteroatoms. The number of urea groups is 1. The summed E-state index contributed by atoms with van der Waals surface area (Å²) in [7, 11) is 1.60. The van der Waals surface area contributed by atoms with Gasteiger partial charge in [-0.2, -0.15) is 0 Å². The third kappa shape index (κ3) is 8.06. The summed E-state index contributed by atoms with van der Waals surface area (Å²) < 4.78 is 10.4. The number of carboxylic acid groups (broad SMARTS) is 1. The molecule has 0 atom stereocenters. The molecule has 0 spiro atoms. The minimum Gasteiger partial charge on any atom is -0.491 e. The van der Waals surface area contributed by atoms with Crippen molar-refractivity contribution < 1.29 is 24.2 Å². The Labute approximate surface area is 136 Å². The number of hydrogen-bond donors (Lipinski definition) is 3. The van der Waals surface area contributed by atoms with Crippen LogP contribution >= 0.6 is 0 Å². The summed E-state index contributed by atoms with van der Waals surface area (Å²) in [5.74, 6) is -0.258. The van der Waals surface area contributed by atoms with Crippen LogP contribution in [0.2, 0.25) is 0 Å². The monoisotopic (exact) mass is 324 g/mol. The summed E-state index contributed by atoms with van der Waals surface area (Å²) in [4.78, 5) is 22.6. The maximum absolute atomic E-state index is 12.0. The number of hydrogen-bond acceptors (Lipinski definition) is 4. The van der Waals surface area contributed by atoms with Crippen LogP contribution in [0.25, 0.3) is 0 Å². The van der Waals surface area contributed by atoms with Gasteiger partial charge in [-0.25, -0.2) is 4.79 Å². The molecule has 23 heavy (non-hydrogen) atoms. The van der Waals surface area contributed by atoms with Gasteiger partial charge in [0.15, 0.2) is 0 Å². The van der Waals surface area contributed by atoms with Crippen molar-refractivity contribution in [3.63, 3.8) is 0 Å². The second-order valence-corrected chi connectivity index (χ2v) is 5.73. The molecule has 2 amide bonds. The Morgan fingerprint density at radius 2 is 2.00 bits per heavy atom. The highest BCUT2D eigenvalue weighted by Crippen LogP contribution is 2.18. The minimum absolute atomic E-state index is 0.00386. The minimum atomic E-state index is -0.888. The average Bonchev–Trinajstić information content (AvgIpc) is 2.45. The Hall–Kier alpha value is -2.28. The van der Waals surface area contributed by atoms with E-state index in [2.05, 4.69) is 10.6 Å². The number of aliphatic carboxylic acids is 1. The lowest BCUT2D eigenvalue weighted by molar-refractivity contribution is -0.137. The Balaban J connectivity index is 2.53. The highest BCUT2D eigenvalue weighted by molar-refractivity contribution is 5.89. The molecule has 128 valence electrons. The lowest BCUT2D eigenvalue weighted by Gasteiger charge is -2.25. The zero-order chi connectivity index (χ0) is 17.3. The number of benzene rings is 1. The number of carbonyl (C=O) groups is 2. The normalized spacial score (nSPS) is 10.9. The van der Waals surface area contributed by atoms with Gasteiger partial charge in [-0.15, -0.1) is 0 Å². The molecule has 0 fully saturated rings. The molecule has 0 aromatic heterocycles. The van der Waals surface area contributed by atoms with Gasteiger partial charge in [0, 0.05) is 30.8 Å². The molecule has 0 bridgehead atoms. The number of nitrogens with one attached hydrogen (secondary N) is 2. The maximum atomic E-state index is 12.0. The largest absolute Gasteiger partial charge is 0.491 e. The van der Waals surface area contributed by atoms with Crippen molar-refractivity contribution in [1.82, 2.24) is 5.32 Å². The van der Waals surface area contributed by atoms with E-state index < -0.39 is 17.5 Å². The summed E-state index contributed by atoms with van der Waals surface area (Å²) >= 11 is 0. The first-order valence-corrected chi connectivity index (χ1v) is 7.35. The Bertz CT molecular complexity index is 531. The molecule has 0 saturated heterocycles. The van der Waals surface area contributed by atoms with E-state index in [1.807, 2.05) is 0 Å². The van der Waals surface area contributed by atoms with Gasteiger partial charge in [0.25, 0.3) is 0 Å². The zero-order valence-corrected chi connectivity index (χ0v) is 13.7. The van der Waals surface area contributed by atoms with Gasteiger partial charge in [-0.3, -0.25) is 4.79 Å². The van der Waals surface area contributed by atoms with Crippen molar-refractivity contribution in [1.29, 1.82) is 0 Å². The number of carbonyl (C=O) groups excluding carboxylic acids is 1. The Morgan fingerprint density at radius 1 is 1.26 bits per heavy atom. The molecule has 0 radical (unpaired) electrons. The van der Waals surface area contributed by atoms with Crippen molar-refractivity contribution in [2.24, 2.45) is 0 Å². The van der Waals surface area contributed by atoms with Crippen molar-refractivity contribution in [3.8, 4) is 5.75 Å². The molecule has 0 aliphatic heterocycles. The number of methoxy groups -OCH3 is 1. The highest BCUT2D eigenvalue weighted by atomic mass is 16.5.